The summed E-state index contributed by atoms with van der Waals surface area (Å²) in [5.41, 5.74) is 3.28. The highest BCUT2D eigenvalue weighted by molar-refractivity contribution is 6.35. The Morgan fingerprint density at radius 1 is 1.19 bits per heavy atom. The van der Waals surface area contributed by atoms with Crippen LogP contribution in [0.4, 0.5) is 0 Å². The van der Waals surface area contributed by atoms with Gasteiger partial charge in [0.2, 0.25) is 5.91 Å². The number of nitrogens with one attached hydrogen (secondary N) is 1. The van der Waals surface area contributed by atoms with E-state index in [4.69, 9.17) is 23.2 Å². The van der Waals surface area contributed by atoms with Gasteiger partial charge in [0.05, 0.1) is 12.1 Å². The number of likely N-dealkylation sites (tertiary alicyclic amines) is 1. The molecule has 1 N–H and O–H groups in total. The monoisotopic (exact) mass is 389 g/mol. The highest BCUT2D eigenvalue weighted by Crippen LogP contribution is 2.30. The molecule has 3 heterocycles. The number of halogens is 2. The smallest absolute Gasteiger partial charge is 0.227 e. The molecule has 1 saturated heterocycles. The van der Waals surface area contributed by atoms with E-state index < -0.39 is 0 Å². The van der Waals surface area contributed by atoms with Crippen LogP contribution in [0.15, 0.2) is 30.6 Å². The van der Waals surface area contributed by atoms with Crippen LogP contribution in [0.3, 0.4) is 0 Å². The third-order valence-corrected chi connectivity index (χ3v) is 5.42. The van der Waals surface area contributed by atoms with Crippen molar-refractivity contribution in [2.24, 2.45) is 0 Å². The normalized spacial score (nSPS) is 15.5. The van der Waals surface area contributed by atoms with E-state index in [0.717, 1.165) is 29.6 Å². The minimum absolute atomic E-state index is 0.0851. The van der Waals surface area contributed by atoms with Gasteiger partial charge in [-0.05, 0) is 30.5 Å². The number of fused-ring (bicyclic) bond motifs is 1. The summed E-state index contributed by atoms with van der Waals surface area (Å²) >= 11 is 12.1. The molecule has 3 aromatic rings. The van der Waals surface area contributed by atoms with E-state index >= 15 is 0 Å². The molecule has 0 unspecified atom stereocenters. The lowest BCUT2D eigenvalue weighted by Gasteiger charge is -2.31. The van der Waals surface area contributed by atoms with Gasteiger partial charge in [-0.3, -0.25) is 9.89 Å². The predicted octanol–water partition coefficient (Wildman–Crippen LogP) is 3.61. The van der Waals surface area contributed by atoms with Crippen molar-refractivity contribution in [1.82, 2.24) is 25.1 Å². The van der Waals surface area contributed by atoms with Gasteiger partial charge < -0.3 is 4.90 Å². The molecule has 4 rings (SSSR count). The maximum atomic E-state index is 12.6. The van der Waals surface area contributed by atoms with Gasteiger partial charge >= 0.3 is 0 Å². The third kappa shape index (κ3) is 3.39. The molecular weight excluding hydrogens is 373 g/mol. The number of piperidine rings is 1. The maximum absolute atomic E-state index is 12.6. The van der Waals surface area contributed by atoms with Crippen LogP contribution in [0.25, 0.3) is 11.2 Å². The molecule has 0 radical (unpaired) electrons. The number of carbonyl (C=O) groups excluding carboxylic acids is 1. The van der Waals surface area contributed by atoms with Crippen molar-refractivity contribution in [3.63, 3.8) is 0 Å². The Hall–Kier alpha value is -2.18. The van der Waals surface area contributed by atoms with E-state index in [1.165, 1.54) is 0 Å². The Morgan fingerprint density at radius 3 is 2.73 bits per heavy atom. The van der Waals surface area contributed by atoms with Gasteiger partial charge in [-0.15, -0.1) is 0 Å². The van der Waals surface area contributed by atoms with Crippen molar-refractivity contribution in [1.29, 1.82) is 0 Å². The molecule has 6 nitrogen and oxygen atoms in total. The number of aromatic amines is 1. The van der Waals surface area contributed by atoms with Crippen LogP contribution in [0.2, 0.25) is 10.0 Å². The summed E-state index contributed by atoms with van der Waals surface area (Å²) in [4.78, 5) is 23.1. The summed E-state index contributed by atoms with van der Waals surface area (Å²) in [6.45, 7) is 1.41. The fourth-order valence-electron chi connectivity index (χ4n) is 3.41. The summed E-state index contributed by atoms with van der Waals surface area (Å²) in [6.07, 6.45) is 5.34. The van der Waals surface area contributed by atoms with Gasteiger partial charge in [0, 0.05) is 41.4 Å². The average Bonchev–Trinajstić information content (AvgIpc) is 3.08. The van der Waals surface area contributed by atoms with Gasteiger partial charge in [-0.1, -0.05) is 29.3 Å². The van der Waals surface area contributed by atoms with E-state index in [2.05, 4.69) is 20.2 Å². The Kier molecular flexibility index (Phi) is 4.78. The van der Waals surface area contributed by atoms with Gasteiger partial charge in [-0.25, -0.2) is 9.97 Å². The summed E-state index contributed by atoms with van der Waals surface area (Å²) in [5.74, 6) is 0.391. The Bertz CT molecular complexity index is 950. The summed E-state index contributed by atoms with van der Waals surface area (Å²) in [6, 6.07) is 5.24. The molecule has 2 aromatic heterocycles. The van der Waals surface area contributed by atoms with E-state index in [0.29, 0.717) is 41.1 Å². The van der Waals surface area contributed by atoms with Gasteiger partial charge in [0.15, 0.2) is 5.65 Å². The summed E-state index contributed by atoms with van der Waals surface area (Å²) in [5, 5.41) is 8.39. The van der Waals surface area contributed by atoms with Crippen molar-refractivity contribution in [3.8, 4) is 0 Å². The van der Waals surface area contributed by atoms with Crippen LogP contribution >= 0.6 is 23.2 Å². The Balaban J connectivity index is 1.41. The highest BCUT2D eigenvalue weighted by atomic mass is 35.5. The molecule has 26 heavy (non-hydrogen) atoms. The molecule has 0 aliphatic carbocycles. The van der Waals surface area contributed by atoms with Crippen LogP contribution in [0.5, 0.6) is 0 Å². The maximum Gasteiger partial charge on any atom is 0.227 e. The quantitative estimate of drug-likeness (QED) is 0.742. The first-order chi connectivity index (χ1) is 12.6. The van der Waals surface area contributed by atoms with Gasteiger partial charge in [0.1, 0.15) is 5.52 Å². The molecular formula is C18H17Cl2N5O. The van der Waals surface area contributed by atoms with Crippen molar-refractivity contribution in [2.75, 3.05) is 13.1 Å². The second-order valence-corrected chi connectivity index (χ2v) is 7.28. The molecule has 0 bridgehead atoms. The standard InChI is InChI=1S/C18H17Cl2N5O/c19-13-2-1-12(14(20)10-13)9-15(26)25-7-3-11(4-8-25)16-17-18(24-23-16)22-6-5-21-17/h1-2,5-6,10-11H,3-4,7-9H2,(H,22,23,24). The highest BCUT2D eigenvalue weighted by Gasteiger charge is 2.27. The van der Waals surface area contributed by atoms with Crippen molar-refractivity contribution < 1.29 is 4.79 Å². The lowest BCUT2D eigenvalue weighted by molar-refractivity contribution is -0.131. The van der Waals surface area contributed by atoms with Gasteiger partial charge in [0.25, 0.3) is 0 Å². The molecule has 1 aliphatic heterocycles. The minimum atomic E-state index is 0.0851. The number of carbonyl (C=O) groups is 1. The number of benzene rings is 1. The number of amides is 1. The number of rotatable bonds is 3. The number of aromatic nitrogens is 4. The molecule has 1 amide bonds. The van der Waals surface area contributed by atoms with E-state index in [9.17, 15) is 4.79 Å². The van der Waals surface area contributed by atoms with E-state index in [-0.39, 0.29) is 5.91 Å². The lowest BCUT2D eigenvalue weighted by Crippen LogP contribution is -2.38. The first-order valence-corrected chi connectivity index (χ1v) is 9.24. The molecule has 1 aliphatic rings. The predicted molar refractivity (Wildman–Crippen MR) is 100 cm³/mol. The minimum Gasteiger partial charge on any atom is -0.342 e. The van der Waals surface area contributed by atoms with Crippen LogP contribution < -0.4 is 0 Å². The van der Waals surface area contributed by atoms with Crippen molar-refractivity contribution >= 4 is 40.3 Å². The Labute approximate surface area is 160 Å². The zero-order chi connectivity index (χ0) is 18.1. The number of hydrogen-bond donors (Lipinski definition) is 1. The SMILES string of the molecule is O=C(Cc1ccc(Cl)cc1Cl)N1CCC(c2[nH]nc3nccnc23)CC1. The molecule has 0 atom stereocenters. The average molecular weight is 390 g/mol. The summed E-state index contributed by atoms with van der Waals surface area (Å²) in [7, 11) is 0. The fourth-order valence-corrected chi connectivity index (χ4v) is 3.89. The Morgan fingerprint density at radius 2 is 1.96 bits per heavy atom. The molecule has 1 aromatic carbocycles. The largest absolute Gasteiger partial charge is 0.342 e. The zero-order valence-corrected chi connectivity index (χ0v) is 15.5. The van der Waals surface area contributed by atoms with Crippen LogP contribution in [-0.2, 0) is 11.2 Å². The second-order valence-electron chi connectivity index (χ2n) is 6.43. The van der Waals surface area contributed by atoms with E-state index in [1.807, 2.05) is 11.0 Å². The first-order valence-electron chi connectivity index (χ1n) is 8.48. The zero-order valence-electron chi connectivity index (χ0n) is 14.0. The number of H-pyrrole nitrogens is 1. The van der Waals surface area contributed by atoms with Crippen molar-refractivity contribution in [2.45, 2.75) is 25.2 Å². The van der Waals surface area contributed by atoms with E-state index in [1.54, 1.807) is 24.5 Å². The first kappa shape index (κ1) is 17.2. The lowest BCUT2D eigenvalue weighted by atomic mass is 9.92. The fraction of sp³-hybridized carbons (Fsp3) is 0.333. The topological polar surface area (TPSA) is 74.8 Å². The van der Waals surface area contributed by atoms with Crippen LogP contribution in [0.1, 0.15) is 30.0 Å². The van der Waals surface area contributed by atoms with Crippen molar-refractivity contribution in [3.05, 3.63) is 51.9 Å². The number of nitrogens with zero attached hydrogens (tertiary/aromatic N) is 4. The molecule has 0 saturated carbocycles. The molecule has 0 spiro atoms. The van der Waals surface area contributed by atoms with Crippen LogP contribution in [-0.4, -0.2) is 44.1 Å². The second kappa shape index (κ2) is 7.21. The molecule has 1 fully saturated rings. The van der Waals surface area contributed by atoms with Gasteiger partial charge in [-0.2, -0.15) is 5.10 Å². The third-order valence-electron chi connectivity index (χ3n) is 4.83. The summed E-state index contributed by atoms with van der Waals surface area (Å²) < 4.78 is 0. The van der Waals surface area contributed by atoms with Crippen LogP contribution in [0, 0.1) is 0 Å². The molecule has 8 heteroatoms. The number of hydrogen-bond acceptors (Lipinski definition) is 4. The molecule has 134 valence electrons.